The Morgan fingerprint density at radius 2 is 1.94 bits per heavy atom. The van der Waals surface area contributed by atoms with Crippen LogP contribution in [0.2, 0.25) is 10.0 Å². The van der Waals surface area contributed by atoms with Gasteiger partial charge in [0.15, 0.2) is 5.82 Å². The summed E-state index contributed by atoms with van der Waals surface area (Å²) >= 11 is 12.5. The number of nitrogens with two attached hydrogens (primary N) is 2. The maximum absolute atomic E-state index is 8.67. The van der Waals surface area contributed by atoms with Gasteiger partial charge in [-0.1, -0.05) is 30.1 Å². The molecule has 0 amide bonds. The van der Waals surface area contributed by atoms with Crippen LogP contribution in [0.4, 0.5) is 11.5 Å². The van der Waals surface area contributed by atoms with E-state index in [0.717, 1.165) is 31.7 Å². The Kier molecular flexibility index (Phi) is 6.93. The molecule has 5 N–H and O–H groups in total. The summed E-state index contributed by atoms with van der Waals surface area (Å²) in [5.41, 5.74) is 14.5. The minimum absolute atomic E-state index is 0.151. The molecule has 0 aliphatic carbocycles. The van der Waals surface area contributed by atoms with Gasteiger partial charge in [0.1, 0.15) is 17.5 Å². The summed E-state index contributed by atoms with van der Waals surface area (Å²) in [5, 5.41) is 18.1. The third-order valence-electron chi connectivity index (χ3n) is 6.22. The van der Waals surface area contributed by atoms with E-state index in [0.29, 0.717) is 38.3 Å². The van der Waals surface area contributed by atoms with Crippen LogP contribution < -0.4 is 21.1 Å². The van der Waals surface area contributed by atoms with Crippen molar-refractivity contribution >= 4 is 40.4 Å². The van der Waals surface area contributed by atoms with Gasteiger partial charge in [-0.05, 0) is 50.1 Å². The summed E-state index contributed by atoms with van der Waals surface area (Å²) in [7, 11) is 0. The van der Waals surface area contributed by atoms with Crippen molar-refractivity contribution in [1.29, 1.82) is 5.41 Å². The number of ether oxygens (including phenoxy) is 1. The van der Waals surface area contributed by atoms with Gasteiger partial charge in [-0.15, -0.1) is 10.2 Å². The SMILES string of the molecule is CCC1(N)CCN(c2ccc(C(=N)c3cc(O[C@H](C)c4c(Cl)cncc4Cl)ccc3N)nn2)C1. The molecule has 4 rings (SSSR count). The van der Waals surface area contributed by atoms with E-state index in [9.17, 15) is 0 Å². The number of pyridine rings is 1. The molecule has 1 aromatic carbocycles. The van der Waals surface area contributed by atoms with Crippen molar-refractivity contribution in [3.05, 3.63) is 69.6 Å². The fourth-order valence-electron chi connectivity index (χ4n) is 4.04. The summed E-state index contributed by atoms with van der Waals surface area (Å²) in [6, 6.07) is 8.78. The highest BCUT2D eigenvalue weighted by Crippen LogP contribution is 2.33. The van der Waals surface area contributed by atoms with Crippen LogP contribution in [0.5, 0.6) is 5.75 Å². The lowest BCUT2D eigenvalue weighted by molar-refractivity contribution is 0.227. The first-order valence-electron chi connectivity index (χ1n) is 11.0. The second kappa shape index (κ2) is 9.74. The van der Waals surface area contributed by atoms with Gasteiger partial charge in [-0.3, -0.25) is 10.4 Å². The average Bonchev–Trinajstić information content (AvgIpc) is 3.22. The van der Waals surface area contributed by atoms with Crippen LogP contribution in [0.1, 0.15) is 49.6 Å². The highest BCUT2D eigenvalue weighted by molar-refractivity contribution is 6.35. The number of halogens is 2. The van der Waals surface area contributed by atoms with E-state index < -0.39 is 6.10 Å². The van der Waals surface area contributed by atoms with Crippen LogP contribution in [0.3, 0.4) is 0 Å². The van der Waals surface area contributed by atoms with E-state index in [-0.39, 0.29) is 11.3 Å². The molecular weight excluding hydrogens is 473 g/mol. The Labute approximate surface area is 208 Å². The molecule has 2 atom stereocenters. The van der Waals surface area contributed by atoms with Crippen molar-refractivity contribution in [3.63, 3.8) is 0 Å². The minimum atomic E-state index is -0.439. The van der Waals surface area contributed by atoms with Crippen molar-refractivity contribution in [2.24, 2.45) is 5.73 Å². The summed E-state index contributed by atoms with van der Waals surface area (Å²) in [5.74, 6) is 1.27. The Morgan fingerprint density at radius 1 is 1.21 bits per heavy atom. The quantitative estimate of drug-likeness (QED) is 0.319. The molecule has 1 aliphatic rings. The number of hydrogen-bond donors (Lipinski definition) is 3. The third kappa shape index (κ3) is 4.94. The third-order valence-corrected chi connectivity index (χ3v) is 6.83. The predicted octanol–water partition coefficient (Wildman–Crippen LogP) is 4.63. The molecule has 34 heavy (non-hydrogen) atoms. The highest BCUT2D eigenvalue weighted by atomic mass is 35.5. The summed E-state index contributed by atoms with van der Waals surface area (Å²) in [6.45, 7) is 5.52. The molecule has 0 radical (unpaired) electrons. The molecule has 178 valence electrons. The number of nitrogen functional groups attached to an aromatic ring is 1. The van der Waals surface area contributed by atoms with E-state index in [2.05, 4.69) is 27.0 Å². The standard InChI is InChI=1S/C24H27Cl2N7O/c1-3-24(29)8-9-33(13-24)21-7-6-20(31-32-21)23(28)16-10-15(4-5-19(16)27)34-14(2)22-17(25)11-30-12-18(22)26/h4-7,10-12,14,28H,3,8-9,13,27,29H2,1-2H3/t14-,24?/m1/s1. The number of nitrogens with zero attached hydrogens (tertiary/aromatic N) is 4. The molecule has 3 heterocycles. The Hall–Kier alpha value is -2.94. The Bertz CT molecular complexity index is 1180. The first-order chi connectivity index (χ1) is 16.2. The number of aromatic nitrogens is 3. The fraction of sp³-hybridized carbons (Fsp3) is 0.333. The molecule has 8 nitrogen and oxygen atoms in total. The van der Waals surface area contributed by atoms with Crippen LogP contribution >= 0.6 is 23.2 Å². The van der Waals surface area contributed by atoms with E-state index in [4.69, 9.17) is 44.8 Å². The van der Waals surface area contributed by atoms with E-state index in [1.807, 2.05) is 13.0 Å². The van der Waals surface area contributed by atoms with Crippen LogP contribution in [-0.4, -0.2) is 39.5 Å². The molecule has 3 aromatic rings. The van der Waals surface area contributed by atoms with E-state index in [1.54, 1.807) is 24.3 Å². The lowest BCUT2D eigenvalue weighted by Crippen LogP contribution is -2.42. The molecule has 0 spiro atoms. The molecule has 1 aliphatic heterocycles. The molecule has 0 saturated carbocycles. The van der Waals surface area contributed by atoms with Gasteiger partial charge in [0.2, 0.25) is 0 Å². The van der Waals surface area contributed by atoms with Crippen molar-refractivity contribution < 1.29 is 4.74 Å². The zero-order valence-electron chi connectivity index (χ0n) is 19.1. The first kappa shape index (κ1) is 24.2. The van der Waals surface area contributed by atoms with Gasteiger partial charge >= 0.3 is 0 Å². The smallest absolute Gasteiger partial charge is 0.151 e. The number of benzene rings is 1. The van der Waals surface area contributed by atoms with Crippen molar-refractivity contribution in [3.8, 4) is 5.75 Å². The van der Waals surface area contributed by atoms with Gasteiger partial charge in [-0.25, -0.2) is 0 Å². The van der Waals surface area contributed by atoms with Crippen molar-refractivity contribution in [2.45, 2.75) is 38.3 Å². The van der Waals surface area contributed by atoms with Gasteiger partial charge in [-0.2, -0.15) is 0 Å². The number of hydrogen-bond acceptors (Lipinski definition) is 8. The molecule has 1 unspecified atom stereocenters. The van der Waals surface area contributed by atoms with Crippen molar-refractivity contribution in [1.82, 2.24) is 15.2 Å². The maximum atomic E-state index is 8.67. The van der Waals surface area contributed by atoms with Crippen LogP contribution in [-0.2, 0) is 0 Å². The van der Waals surface area contributed by atoms with Gasteiger partial charge < -0.3 is 21.1 Å². The number of anilines is 2. The average molecular weight is 500 g/mol. The summed E-state index contributed by atoms with van der Waals surface area (Å²) in [6.07, 6.45) is 4.43. The molecule has 2 aromatic heterocycles. The molecule has 10 heteroatoms. The highest BCUT2D eigenvalue weighted by Gasteiger charge is 2.33. The largest absolute Gasteiger partial charge is 0.486 e. The van der Waals surface area contributed by atoms with Crippen LogP contribution in [0, 0.1) is 5.41 Å². The molecule has 1 fully saturated rings. The van der Waals surface area contributed by atoms with Gasteiger partial charge in [0.25, 0.3) is 0 Å². The number of nitrogens with one attached hydrogen (secondary N) is 1. The van der Waals surface area contributed by atoms with Crippen LogP contribution in [0.15, 0.2) is 42.7 Å². The topological polar surface area (TPSA) is 127 Å². The molecular formula is C24H27Cl2N7O. The molecule has 1 saturated heterocycles. The lowest BCUT2D eigenvalue weighted by atomic mass is 9.97. The zero-order chi connectivity index (χ0) is 24.5. The second-order valence-corrected chi connectivity index (χ2v) is 9.38. The number of rotatable bonds is 7. The second-order valence-electron chi connectivity index (χ2n) is 8.57. The zero-order valence-corrected chi connectivity index (χ0v) is 20.6. The van der Waals surface area contributed by atoms with Crippen LogP contribution in [0.25, 0.3) is 0 Å². The first-order valence-corrected chi connectivity index (χ1v) is 11.8. The Morgan fingerprint density at radius 3 is 2.56 bits per heavy atom. The molecule has 0 bridgehead atoms. The maximum Gasteiger partial charge on any atom is 0.151 e. The fourth-order valence-corrected chi connectivity index (χ4v) is 4.72. The van der Waals surface area contributed by atoms with Crippen molar-refractivity contribution in [2.75, 3.05) is 23.7 Å². The normalized spacial score (nSPS) is 18.7. The summed E-state index contributed by atoms with van der Waals surface area (Å²) < 4.78 is 6.06. The van der Waals surface area contributed by atoms with E-state index >= 15 is 0 Å². The van der Waals surface area contributed by atoms with E-state index in [1.165, 1.54) is 12.4 Å². The lowest BCUT2D eigenvalue weighted by Gasteiger charge is -2.23. The summed E-state index contributed by atoms with van der Waals surface area (Å²) in [4.78, 5) is 6.10. The monoisotopic (exact) mass is 499 g/mol. The Balaban J connectivity index is 1.52. The van der Waals surface area contributed by atoms with Gasteiger partial charge in [0.05, 0.1) is 15.8 Å². The minimum Gasteiger partial charge on any atom is -0.486 e. The van der Waals surface area contributed by atoms with Gasteiger partial charge in [0, 0.05) is 47.8 Å². The predicted molar refractivity (Wildman–Crippen MR) is 136 cm³/mol.